The van der Waals surface area contributed by atoms with Gasteiger partial charge in [0.2, 0.25) is 5.91 Å². The van der Waals surface area contributed by atoms with E-state index in [4.69, 9.17) is 9.84 Å². The molecule has 0 heterocycles. The quantitative estimate of drug-likeness (QED) is 0.576. The first-order valence-electron chi connectivity index (χ1n) is 12.1. The van der Waals surface area contributed by atoms with Crippen LogP contribution in [0.15, 0.2) is 48.5 Å². The number of hydrogen-bond acceptors (Lipinski definition) is 4. The zero-order valence-electron chi connectivity index (χ0n) is 19.0. The van der Waals surface area contributed by atoms with Crippen molar-refractivity contribution in [3.8, 4) is 11.1 Å². The summed E-state index contributed by atoms with van der Waals surface area (Å²) in [6.07, 6.45) is 3.42. The number of alkyl carbamates (subject to hydrolysis) is 1. The van der Waals surface area contributed by atoms with Gasteiger partial charge in [-0.2, -0.15) is 0 Å². The van der Waals surface area contributed by atoms with Gasteiger partial charge in [0.15, 0.2) is 0 Å². The topological polar surface area (TPSA) is 105 Å². The summed E-state index contributed by atoms with van der Waals surface area (Å²) < 4.78 is 5.66. The molecule has 2 amide bonds. The van der Waals surface area contributed by atoms with Gasteiger partial charge >= 0.3 is 12.1 Å². The predicted molar refractivity (Wildman–Crippen MR) is 126 cm³/mol. The van der Waals surface area contributed by atoms with E-state index in [2.05, 4.69) is 34.9 Å². The number of ether oxygens (including phenoxy) is 1. The summed E-state index contributed by atoms with van der Waals surface area (Å²) in [6, 6.07) is 16.2. The minimum atomic E-state index is -0.794. The van der Waals surface area contributed by atoms with E-state index in [1.165, 1.54) is 11.1 Å². The monoisotopic (exact) mass is 462 g/mol. The maximum absolute atomic E-state index is 12.8. The number of hydrogen-bond donors (Lipinski definition) is 3. The van der Waals surface area contributed by atoms with Gasteiger partial charge in [0.05, 0.1) is 5.92 Å². The minimum absolute atomic E-state index is 0.00168. The van der Waals surface area contributed by atoms with Gasteiger partial charge in [-0.05, 0) is 53.9 Å². The van der Waals surface area contributed by atoms with Crippen LogP contribution in [-0.2, 0) is 14.3 Å². The fourth-order valence-electron chi connectivity index (χ4n) is 5.81. The zero-order valence-corrected chi connectivity index (χ0v) is 19.0. The molecule has 7 heteroatoms. The number of aliphatic carboxylic acids is 1. The van der Waals surface area contributed by atoms with Gasteiger partial charge in [0, 0.05) is 24.4 Å². The van der Waals surface area contributed by atoms with Crippen molar-refractivity contribution in [3.63, 3.8) is 0 Å². The molecule has 34 heavy (non-hydrogen) atoms. The molecule has 2 saturated carbocycles. The first-order chi connectivity index (χ1) is 16.5. The molecule has 3 aliphatic carbocycles. The number of amides is 2. The summed E-state index contributed by atoms with van der Waals surface area (Å²) in [7, 11) is 0. The molecule has 2 atom stereocenters. The summed E-state index contributed by atoms with van der Waals surface area (Å²) in [5.41, 5.74) is 4.69. The fourth-order valence-corrected chi connectivity index (χ4v) is 5.81. The molecule has 0 radical (unpaired) electrons. The number of benzene rings is 2. The van der Waals surface area contributed by atoms with E-state index in [1.807, 2.05) is 24.3 Å². The molecule has 0 aromatic heterocycles. The molecule has 0 spiro atoms. The number of carbonyl (C=O) groups excluding carboxylic acids is 2. The van der Waals surface area contributed by atoms with Crippen LogP contribution in [0.25, 0.3) is 11.1 Å². The van der Waals surface area contributed by atoms with Crippen LogP contribution in [0.3, 0.4) is 0 Å². The number of carbonyl (C=O) groups is 3. The van der Waals surface area contributed by atoms with Gasteiger partial charge in [-0.1, -0.05) is 55.0 Å². The number of carboxylic acids is 1. The number of rotatable bonds is 7. The maximum Gasteiger partial charge on any atom is 0.407 e. The first kappa shape index (κ1) is 22.4. The summed E-state index contributed by atoms with van der Waals surface area (Å²) >= 11 is 0. The molecule has 7 nitrogen and oxygen atoms in total. The van der Waals surface area contributed by atoms with E-state index in [-0.39, 0.29) is 48.8 Å². The highest BCUT2D eigenvalue weighted by Crippen LogP contribution is 2.44. The molecule has 0 unspecified atom stereocenters. The molecule has 5 rings (SSSR count). The normalized spacial score (nSPS) is 25.1. The molecule has 178 valence electrons. The number of nitrogens with one attached hydrogen (secondary N) is 2. The van der Waals surface area contributed by atoms with E-state index in [0.29, 0.717) is 12.8 Å². The van der Waals surface area contributed by atoms with Crippen LogP contribution in [0.4, 0.5) is 4.79 Å². The lowest BCUT2D eigenvalue weighted by molar-refractivity contribution is -0.139. The Morgan fingerprint density at radius 2 is 1.56 bits per heavy atom. The van der Waals surface area contributed by atoms with Crippen LogP contribution in [0.5, 0.6) is 0 Å². The van der Waals surface area contributed by atoms with Crippen LogP contribution >= 0.6 is 0 Å². The number of fused-ring (bicyclic) bond motifs is 3. The Morgan fingerprint density at radius 3 is 2.21 bits per heavy atom. The second-order valence-electron chi connectivity index (χ2n) is 9.75. The van der Waals surface area contributed by atoms with E-state index < -0.39 is 12.1 Å². The minimum Gasteiger partial charge on any atom is -0.481 e. The highest BCUT2D eigenvalue weighted by molar-refractivity contribution is 5.81. The summed E-state index contributed by atoms with van der Waals surface area (Å²) in [4.78, 5) is 36.3. The van der Waals surface area contributed by atoms with Crippen LogP contribution in [0.1, 0.15) is 55.6 Å². The van der Waals surface area contributed by atoms with Crippen molar-refractivity contribution in [2.75, 3.05) is 6.61 Å². The van der Waals surface area contributed by atoms with Crippen LogP contribution in [0, 0.1) is 11.8 Å². The summed E-state index contributed by atoms with van der Waals surface area (Å²) in [6.45, 7) is 0.247. The first-order valence-corrected chi connectivity index (χ1v) is 12.1. The average molecular weight is 463 g/mol. The molecule has 0 bridgehead atoms. The predicted octanol–water partition coefficient (Wildman–Crippen LogP) is 4.06. The highest BCUT2D eigenvalue weighted by atomic mass is 16.5. The molecule has 3 N–H and O–H groups in total. The Morgan fingerprint density at radius 1 is 0.912 bits per heavy atom. The van der Waals surface area contributed by atoms with Gasteiger partial charge in [-0.15, -0.1) is 0 Å². The van der Waals surface area contributed by atoms with Crippen LogP contribution in [-0.4, -0.2) is 41.8 Å². The van der Waals surface area contributed by atoms with Crippen molar-refractivity contribution in [1.82, 2.24) is 10.6 Å². The molecule has 2 aromatic rings. The lowest BCUT2D eigenvalue weighted by atomic mass is 9.78. The Labute approximate surface area is 198 Å². The Hall–Kier alpha value is -3.35. The lowest BCUT2D eigenvalue weighted by Gasteiger charge is -2.36. The van der Waals surface area contributed by atoms with Gasteiger partial charge in [-0.25, -0.2) is 4.79 Å². The van der Waals surface area contributed by atoms with Crippen molar-refractivity contribution in [2.24, 2.45) is 11.8 Å². The SMILES string of the molecule is O=C(O)CC1CC(NC(=O)[C@H]2CCC[C@H]2NC(=O)OCC2c3ccccc3-c3ccccc32)C1. The Bertz CT molecular complexity index is 1050. The molecule has 2 aromatic carbocycles. The molecule has 3 aliphatic rings. The van der Waals surface area contributed by atoms with E-state index in [9.17, 15) is 14.4 Å². The van der Waals surface area contributed by atoms with Gasteiger partial charge in [0.1, 0.15) is 6.61 Å². The van der Waals surface area contributed by atoms with Crippen LogP contribution < -0.4 is 10.6 Å². The van der Waals surface area contributed by atoms with E-state index >= 15 is 0 Å². The van der Waals surface area contributed by atoms with Crippen molar-refractivity contribution in [3.05, 3.63) is 59.7 Å². The van der Waals surface area contributed by atoms with E-state index in [1.54, 1.807) is 0 Å². The van der Waals surface area contributed by atoms with Crippen molar-refractivity contribution < 1.29 is 24.2 Å². The molecule has 0 aliphatic heterocycles. The third-order valence-electron chi connectivity index (χ3n) is 7.55. The second-order valence-corrected chi connectivity index (χ2v) is 9.75. The molecule has 2 fully saturated rings. The summed E-state index contributed by atoms with van der Waals surface area (Å²) in [5, 5.41) is 14.8. The molecular formula is C27H30N2O5. The zero-order chi connectivity index (χ0) is 23.7. The van der Waals surface area contributed by atoms with Crippen LogP contribution in [0.2, 0.25) is 0 Å². The molecular weight excluding hydrogens is 432 g/mol. The lowest BCUT2D eigenvalue weighted by Crippen LogP contribution is -2.50. The van der Waals surface area contributed by atoms with Gasteiger partial charge in [-0.3, -0.25) is 9.59 Å². The van der Waals surface area contributed by atoms with Gasteiger partial charge < -0.3 is 20.5 Å². The largest absolute Gasteiger partial charge is 0.481 e. The Balaban J connectivity index is 1.14. The standard InChI is InChI=1S/C27H30N2O5/c30-25(31)14-16-12-17(13-16)28-26(32)22-10-5-11-24(22)29-27(33)34-15-23-20-8-3-1-6-18(20)19-7-2-4-9-21(19)23/h1-4,6-9,16-17,22-24H,5,10-15H2,(H,28,32)(H,29,33)(H,30,31)/t16?,17?,22-,24+/m0/s1. The van der Waals surface area contributed by atoms with E-state index in [0.717, 1.165) is 30.4 Å². The third-order valence-corrected chi connectivity index (χ3v) is 7.55. The smallest absolute Gasteiger partial charge is 0.407 e. The summed E-state index contributed by atoms with van der Waals surface area (Å²) in [5.74, 6) is -0.989. The second kappa shape index (κ2) is 9.49. The molecule has 0 saturated heterocycles. The van der Waals surface area contributed by atoms with Crippen molar-refractivity contribution in [1.29, 1.82) is 0 Å². The van der Waals surface area contributed by atoms with Crippen molar-refractivity contribution in [2.45, 2.75) is 56.5 Å². The maximum atomic E-state index is 12.8. The number of carboxylic acid groups (broad SMARTS) is 1. The highest BCUT2D eigenvalue weighted by Gasteiger charge is 2.38. The Kier molecular flexibility index (Phi) is 6.26. The third kappa shape index (κ3) is 4.52. The van der Waals surface area contributed by atoms with Gasteiger partial charge in [0.25, 0.3) is 0 Å². The van der Waals surface area contributed by atoms with Crippen molar-refractivity contribution >= 4 is 18.0 Å². The fraction of sp³-hybridized carbons (Fsp3) is 0.444. The average Bonchev–Trinajstić information content (AvgIpc) is 3.38.